The van der Waals surface area contributed by atoms with E-state index in [2.05, 4.69) is 28.8 Å². The molecular weight excluding hydrogens is 176 g/mol. The zero-order valence-electron chi connectivity index (χ0n) is 8.70. The smallest absolute Gasteiger partial charge is 0.223 e. The van der Waals surface area contributed by atoms with E-state index in [-0.39, 0.29) is 0 Å². The van der Waals surface area contributed by atoms with Gasteiger partial charge in [0.15, 0.2) is 0 Å². The van der Waals surface area contributed by atoms with Crippen LogP contribution in [0, 0.1) is 5.92 Å². The van der Waals surface area contributed by atoms with Crippen molar-refractivity contribution in [3.05, 3.63) is 11.6 Å². The number of hydrogen-bond donors (Lipinski definition) is 1. The van der Waals surface area contributed by atoms with Crippen molar-refractivity contribution in [2.75, 3.05) is 5.73 Å². The van der Waals surface area contributed by atoms with E-state index >= 15 is 0 Å². The number of aromatic nitrogens is 3. The Balaban J connectivity index is 2.22. The van der Waals surface area contributed by atoms with Gasteiger partial charge < -0.3 is 5.73 Å². The first kappa shape index (κ1) is 9.37. The van der Waals surface area contributed by atoms with E-state index in [1.54, 1.807) is 0 Å². The summed E-state index contributed by atoms with van der Waals surface area (Å²) < 4.78 is 0. The fourth-order valence-corrected chi connectivity index (χ4v) is 1.44. The molecule has 4 nitrogen and oxygen atoms in total. The van der Waals surface area contributed by atoms with Crippen LogP contribution in [0.3, 0.4) is 0 Å². The summed E-state index contributed by atoms with van der Waals surface area (Å²) in [5.41, 5.74) is 5.64. The van der Waals surface area contributed by atoms with Crippen LogP contribution in [0.5, 0.6) is 0 Å². The number of nitrogens with zero attached hydrogens (tertiary/aromatic N) is 3. The van der Waals surface area contributed by atoms with Crippen LogP contribution in [-0.2, 0) is 6.42 Å². The fraction of sp³-hybridized carbons (Fsp3) is 0.700. The Morgan fingerprint density at radius 2 is 2.00 bits per heavy atom. The number of nitrogen functional groups attached to an aromatic ring is 1. The molecular formula is C10H16N4. The predicted molar refractivity (Wildman–Crippen MR) is 54.8 cm³/mol. The van der Waals surface area contributed by atoms with Gasteiger partial charge >= 0.3 is 0 Å². The topological polar surface area (TPSA) is 64.7 Å². The van der Waals surface area contributed by atoms with E-state index in [9.17, 15) is 0 Å². The molecule has 1 heterocycles. The molecule has 2 rings (SSSR count). The lowest BCUT2D eigenvalue weighted by Gasteiger charge is -2.05. The second-order valence-corrected chi connectivity index (χ2v) is 4.34. The maximum absolute atomic E-state index is 5.64. The first-order chi connectivity index (χ1) is 6.65. The van der Waals surface area contributed by atoms with Crippen LogP contribution >= 0.6 is 0 Å². The highest BCUT2D eigenvalue weighted by atomic mass is 15.1. The Morgan fingerprint density at radius 3 is 2.57 bits per heavy atom. The van der Waals surface area contributed by atoms with Gasteiger partial charge in [0.2, 0.25) is 5.95 Å². The van der Waals surface area contributed by atoms with E-state index in [1.807, 2.05) is 0 Å². The number of rotatable bonds is 3. The van der Waals surface area contributed by atoms with Crippen LogP contribution in [0.25, 0.3) is 0 Å². The van der Waals surface area contributed by atoms with Crippen LogP contribution in [-0.4, -0.2) is 15.0 Å². The molecule has 0 atom stereocenters. The monoisotopic (exact) mass is 192 g/mol. The van der Waals surface area contributed by atoms with Crippen molar-refractivity contribution in [3.8, 4) is 0 Å². The summed E-state index contributed by atoms with van der Waals surface area (Å²) in [5.74, 6) is 3.22. The Labute approximate surface area is 84.0 Å². The van der Waals surface area contributed by atoms with Crippen molar-refractivity contribution in [3.63, 3.8) is 0 Å². The third-order valence-corrected chi connectivity index (χ3v) is 2.25. The SMILES string of the molecule is CC(C)Cc1nc(N)nc(C2CC2)n1. The van der Waals surface area contributed by atoms with Gasteiger partial charge in [0.05, 0.1) is 0 Å². The molecule has 1 aromatic heterocycles. The highest BCUT2D eigenvalue weighted by Gasteiger charge is 2.27. The van der Waals surface area contributed by atoms with Crippen molar-refractivity contribution in [1.82, 2.24) is 15.0 Å². The molecule has 0 aromatic carbocycles. The molecule has 4 heteroatoms. The molecule has 1 fully saturated rings. The summed E-state index contributed by atoms with van der Waals surface area (Å²) in [4.78, 5) is 12.7. The van der Waals surface area contributed by atoms with Crippen LogP contribution in [0.1, 0.15) is 44.3 Å². The fourth-order valence-electron chi connectivity index (χ4n) is 1.44. The minimum Gasteiger partial charge on any atom is -0.368 e. The number of anilines is 1. The minimum absolute atomic E-state index is 0.373. The zero-order chi connectivity index (χ0) is 10.1. The van der Waals surface area contributed by atoms with E-state index in [4.69, 9.17) is 5.73 Å². The lowest BCUT2D eigenvalue weighted by molar-refractivity contribution is 0.613. The highest BCUT2D eigenvalue weighted by Crippen LogP contribution is 2.38. The highest BCUT2D eigenvalue weighted by molar-refractivity contribution is 5.19. The summed E-state index contributed by atoms with van der Waals surface area (Å²) >= 11 is 0. The predicted octanol–water partition coefficient (Wildman–Crippen LogP) is 1.53. The molecule has 1 aromatic rings. The Kier molecular flexibility index (Phi) is 2.35. The Bertz CT molecular complexity index is 331. The molecule has 1 aliphatic carbocycles. The van der Waals surface area contributed by atoms with Gasteiger partial charge in [-0.25, -0.2) is 4.98 Å². The van der Waals surface area contributed by atoms with Crippen LogP contribution in [0.15, 0.2) is 0 Å². The van der Waals surface area contributed by atoms with Crippen molar-refractivity contribution >= 4 is 5.95 Å². The molecule has 0 unspecified atom stereocenters. The van der Waals surface area contributed by atoms with E-state index in [1.165, 1.54) is 12.8 Å². The molecule has 0 bridgehead atoms. The molecule has 0 aliphatic heterocycles. The average molecular weight is 192 g/mol. The molecule has 1 saturated carbocycles. The quantitative estimate of drug-likeness (QED) is 0.788. The molecule has 0 radical (unpaired) electrons. The molecule has 14 heavy (non-hydrogen) atoms. The largest absolute Gasteiger partial charge is 0.368 e. The maximum atomic E-state index is 5.64. The molecule has 0 saturated heterocycles. The third-order valence-electron chi connectivity index (χ3n) is 2.25. The average Bonchev–Trinajstić information content (AvgIpc) is 2.82. The first-order valence-corrected chi connectivity index (χ1v) is 5.15. The normalized spacial score (nSPS) is 16.2. The van der Waals surface area contributed by atoms with E-state index < -0.39 is 0 Å². The van der Waals surface area contributed by atoms with Crippen molar-refractivity contribution in [2.24, 2.45) is 5.92 Å². The summed E-state index contributed by atoms with van der Waals surface area (Å²) in [6.45, 7) is 4.30. The summed E-state index contributed by atoms with van der Waals surface area (Å²) in [6.07, 6.45) is 3.28. The van der Waals surface area contributed by atoms with Gasteiger partial charge in [-0.3, -0.25) is 0 Å². The molecule has 76 valence electrons. The van der Waals surface area contributed by atoms with Crippen molar-refractivity contribution in [2.45, 2.75) is 39.0 Å². The molecule has 0 amide bonds. The third kappa shape index (κ3) is 2.19. The second kappa shape index (κ2) is 3.52. The minimum atomic E-state index is 0.373. The van der Waals surface area contributed by atoms with Gasteiger partial charge in [-0.05, 0) is 18.8 Å². The summed E-state index contributed by atoms with van der Waals surface area (Å²) in [6, 6.07) is 0. The lowest BCUT2D eigenvalue weighted by Crippen LogP contribution is -2.08. The zero-order valence-corrected chi connectivity index (χ0v) is 8.70. The molecule has 1 aliphatic rings. The van der Waals surface area contributed by atoms with Gasteiger partial charge in [0.25, 0.3) is 0 Å². The van der Waals surface area contributed by atoms with Crippen molar-refractivity contribution < 1.29 is 0 Å². The lowest BCUT2D eigenvalue weighted by atomic mass is 10.1. The number of hydrogen-bond acceptors (Lipinski definition) is 4. The summed E-state index contributed by atoms with van der Waals surface area (Å²) in [7, 11) is 0. The number of nitrogens with two attached hydrogens (primary N) is 1. The van der Waals surface area contributed by atoms with Crippen LogP contribution < -0.4 is 5.73 Å². The Morgan fingerprint density at radius 1 is 1.29 bits per heavy atom. The maximum Gasteiger partial charge on any atom is 0.223 e. The van der Waals surface area contributed by atoms with Gasteiger partial charge in [-0.15, -0.1) is 0 Å². The van der Waals surface area contributed by atoms with Crippen LogP contribution in [0.2, 0.25) is 0 Å². The van der Waals surface area contributed by atoms with Crippen LogP contribution in [0.4, 0.5) is 5.95 Å². The second-order valence-electron chi connectivity index (χ2n) is 4.34. The molecule has 2 N–H and O–H groups in total. The van der Waals surface area contributed by atoms with E-state index in [0.717, 1.165) is 18.1 Å². The van der Waals surface area contributed by atoms with Gasteiger partial charge in [-0.1, -0.05) is 13.8 Å². The standard InChI is InChI=1S/C10H16N4/c1-6(2)5-8-12-9(7-3-4-7)14-10(11)13-8/h6-7H,3-5H2,1-2H3,(H2,11,12,13,14). The van der Waals surface area contributed by atoms with Gasteiger partial charge in [-0.2, -0.15) is 9.97 Å². The van der Waals surface area contributed by atoms with Crippen molar-refractivity contribution in [1.29, 1.82) is 0 Å². The van der Waals surface area contributed by atoms with Gasteiger partial charge in [0.1, 0.15) is 11.6 Å². The van der Waals surface area contributed by atoms with Gasteiger partial charge in [0, 0.05) is 12.3 Å². The summed E-state index contributed by atoms with van der Waals surface area (Å²) in [5, 5.41) is 0. The Hall–Kier alpha value is -1.19. The van der Waals surface area contributed by atoms with E-state index in [0.29, 0.717) is 17.8 Å². The molecule has 0 spiro atoms. The first-order valence-electron chi connectivity index (χ1n) is 5.15.